The van der Waals surface area contributed by atoms with E-state index in [0.717, 1.165) is 6.04 Å². The molecule has 0 spiro atoms. The van der Waals surface area contributed by atoms with Gasteiger partial charge in [0.25, 0.3) is 0 Å². The molecule has 0 radical (unpaired) electrons. The highest BCUT2D eigenvalue weighted by Gasteiger charge is 2.30. The smallest absolute Gasteiger partial charge is 0.0367 e. The zero-order valence-electron chi connectivity index (χ0n) is 11.6. The lowest BCUT2D eigenvalue weighted by Gasteiger charge is -2.38. The molecule has 2 nitrogen and oxygen atoms in total. The van der Waals surface area contributed by atoms with Crippen LogP contribution >= 0.6 is 0 Å². The fourth-order valence-electron chi connectivity index (χ4n) is 3.30. The highest BCUT2D eigenvalue weighted by molar-refractivity contribution is 5.48. The molecule has 1 aromatic carbocycles. The number of hydrogen-bond donors (Lipinski definition) is 0. The number of nitrogens with zero attached hydrogens (tertiary/aromatic N) is 2. The molecule has 98 valence electrons. The van der Waals surface area contributed by atoms with E-state index in [4.69, 9.17) is 0 Å². The van der Waals surface area contributed by atoms with E-state index >= 15 is 0 Å². The van der Waals surface area contributed by atoms with Crippen LogP contribution in [0.5, 0.6) is 0 Å². The van der Waals surface area contributed by atoms with Crippen molar-refractivity contribution in [3.05, 3.63) is 29.8 Å². The molecule has 0 amide bonds. The molecule has 1 atom stereocenters. The van der Waals surface area contributed by atoms with Crippen LogP contribution in [0.15, 0.2) is 24.3 Å². The van der Waals surface area contributed by atoms with Crippen LogP contribution in [0.4, 0.5) is 5.69 Å². The molecular formula is C16H24N2. The highest BCUT2D eigenvalue weighted by atomic mass is 15.3. The maximum atomic E-state index is 2.67. The fraction of sp³-hybridized carbons (Fsp3) is 0.625. The van der Waals surface area contributed by atoms with Crippen molar-refractivity contribution in [2.75, 3.05) is 31.1 Å². The standard InChI is InChI=1S/C16H24N2/c1-13(2)14-5-7-15(8-6-14)18-11-10-17-9-3-4-16(17)12-18/h5-8,13,16H,3-4,9-12H2,1-2H3/t16-/m0/s1. The molecule has 0 aromatic heterocycles. The lowest BCUT2D eigenvalue weighted by molar-refractivity contribution is 0.231. The Morgan fingerprint density at radius 2 is 1.83 bits per heavy atom. The Balaban J connectivity index is 1.71. The number of hydrogen-bond acceptors (Lipinski definition) is 2. The summed E-state index contributed by atoms with van der Waals surface area (Å²) in [6.07, 6.45) is 2.78. The molecule has 2 saturated heterocycles. The van der Waals surface area contributed by atoms with Gasteiger partial charge in [-0.25, -0.2) is 0 Å². The summed E-state index contributed by atoms with van der Waals surface area (Å²) in [5.41, 5.74) is 2.85. The SMILES string of the molecule is CC(C)c1ccc(N2CCN3CCC[C@H]3C2)cc1. The largest absolute Gasteiger partial charge is 0.369 e. The average molecular weight is 244 g/mol. The molecule has 18 heavy (non-hydrogen) atoms. The zero-order chi connectivity index (χ0) is 12.5. The third-order valence-electron chi connectivity index (χ3n) is 4.51. The molecule has 1 aromatic rings. The van der Waals surface area contributed by atoms with Crippen LogP contribution < -0.4 is 4.90 Å². The van der Waals surface area contributed by atoms with Crippen LogP contribution in [-0.2, 0) is 0 Å². The van der Waals surface area contributed by atoms with Crippen molar-refractivity contribution in [2.45, 2.75) is 38.6 Å². The minimum atomic E-state index is 0.630. The van der Waals surface area contributed by atoms with E-state index in [-0.39, 0.29) is 0 Å². The van der Waals surface area contributed by atoms with E-state index in [1.165, 1.54) is 50.3 Å². The van der Waals surface area contributed by atoms with Gasteiger partial charge in [0, 0.05) is 31.4 Å². The summed E-state index contributed by atoms with van der Waals surface area (Å²) in [5, 5.41) is 0. The Labute approximate surface area is 111 Å². The van der Waals surface area contributed by atoms with E-state index in [2.05, 4.69) is 47.9 Å². The molecule has 0 N–H and O–H groups in total. The second kappa shape index (κ2) is 4.93. The molecule has 2 heterocycles. The monoisotopic (exact) mass is 244 g/mol. The number of piperazine rings is 1. The normalized spacial score (nSPS) is 24.6. The molecule has 2 aliphatic rings. The van der Waals surface area contributed by atoms with E-state index < -0.39 is 0 Å². The van der Waals surface area contributed by atoms with Crippen molar-refractivity contribution in [3.63, 3.8) is 0 Å². The third-order valence-corrected chi connectivity index (χ3v) is 4.51. The number of fused-ring (bicyclic) bond motifs is 1. The Morgan fingerprint density at radius 3 is 2.56 bits per heavy atom. The maximum Gasteiger partial charge on any atom is 0.0367 e. The van der Waals surface area contributed by atoms with Gasteiger partial charge in [-0.3, -0.25) is 4.90 Å². The average Bonchev–Trinajstić information content (AvgIpc) is 2.86. The van der Waals surface area contributed by atoms with Gasteiger partial charge in [0.05, 0.1) is 0 Å². The molecule has 0 aliphatic carbocycles. The molecule has 2 fully saturated rings. The van der Waals surface area contributed by atoms with Crippen molar-refractivity contribution in [2.24, 2.45) is 0 Å². The predicted octanol–water partition coefficient (Wildman–Crippen LogP) is 3.09. The van der Waals surface area contributed by atoms with Crippen LogP contribution in [0.1, 0.15) is 38.2 Å². The fourth-order valence-corrected chi connectivity index (χ4v) is 3.30. The lowest BCUT2D eigenvalue weighted by atomic mass is 10.0. The van der Waals surface area contributed by atoms with Gasteiger partial charge in [-0.2, -0.15) is 0 Å². The van der Waals surface area contributed by atoms with Crippen molar-refractivity contribution < 1.29 is 0 Å². The Hall–Kier alpha value is -1.02. The second-order valence-electron chi connectivity index (χ2n) is 6.02. The first kappa shape index (κ1) is 12.0. The summed E-state index contributed by atoms with van der Waals surface area (Å²) in [6.45, 7) is 9.50. The van der Waals surface area contributed by atoms with Crippen LogP contribution in [-0.4, -0.2) is 37.1 Å². The summed E-state index contributed by atoms with van der Waals surface area (Å²) in [6, 6.07) is 10.0. The van der Waals surface area contributed by atoms with Crippen LogP contribution in [0, 0.1) is 0 Å². The molecule has 3 rings (SSSR count). The topological polar surface area (TPSA) is 6.48 Å². The number of anilines is 1. The van der Waals surface area contributed by atoms with E-state index in [1.54, 1.807) is 0 Å². The minimum absolute atomic E-state index is 0.630. The van der Waals surface area contributed by atoms with Gasteiger partial charge in [0.2, 0.25) is 0 Å². The van der Waals surface area contributed by atoms with E-state index in [1.807, 2.05) is 0 Å². The molecule has 0 bridgehead atoms. The van der Waals surface area contributed by atoms with Crippen LogP contribution in [0.2, 0.25) is 0 Å². The summed E-state index contributed by atoms with van der Waals surface area (Å²) < 4.78 is 0. The summed E-state index contributed by atoms with van der Waals surface area (Å²) in [7, 11) is 0. The van der Waals surface area contributed by atoms with Crippen molar-refractivity contribution in [3.8, 4) is 0 Å². The number of rotatable bonds is 2. The first-order chi connectivity index (χ1) is 8.74. The van der Waals surface area contributed by atoms with Gasteiger partial charge < -0.3 is 4.90 Å². The van der Waals surface area contributed by atoms with Crippen LogP contribution in [0.3, 0.4) is 0 Å². The van der Waals surface area contributed by atoms with Gasteiger partial charge in [0.1, 0.15) is 0 Å². The molecule has 0 saturated carbocycles. The summed E-state index contributed by atoms with van der Waals surface area (Å²) >= 11 is 0. The minimum Gasteiger partial charge on any atom is -0.369 e. The Morgan fingerprint density at radius 1 is 1.06 bits per heavy atom. The molecule has 2 heteroatoms. The Bertz CT molecular complexity index is 396. The first-order valence-corrected chi connectivity index (χ1v) is 7.33. The van der Waals surface area contributed by atoms with E-state index in [9.17, 15) is 0 Å². The highest BCUT2D eigenvalue weighted by Crippen LogP contribution is 2.26. The van der Waals surface area contributed by atoms with Gasteiger partial charge in [0.15, 0.2) is 0 Å². The van der Waals surface area contributed by atoms with Gasteiger partial charge in [-0.1, -0.05) is 26.0 Å². The molecule has 2 aliphatic heterocycles. The van der Waals surface area contributed by atoms with Crippen molar-refractivity contribution in [1.82, 2.24) is 4.90 Å². The van der Waals surface area contributed by atoms with Crippen LogP contribution in [0.25, 0.3) is 0 Å². The Kier molecular flexibility index (Phi) is 3.29. The van der Waals surface area contributed by atoms with E-state index in [0.29, 0.717) is 5.92 Å². The predicted molar refractivity (Wildman–Crippen MR) is 77.3 cm³/mol. The van der Waals surface area contributed by atoms with Gasteiger partial charge >= 0.3 is 0 Å². The molecule has 0 unspecified atom stereocenters. The zero-order valence-corrected chi connectivity index (χ0v) is 11.6. The van der Waals surface area contributed by atoms with Gasteiger partial charge in [-0.05, 0) is 43.0 Å². The summed E-state index contributed by atoms with van der Waals surface area (Å²) in [5.74, 6) is 0.630. The van der Waals surface area contributed by atoms with Crippen molar-refractivity contribution in [1.29, 1.82) is 0 Å². The third kappa shape index (κ3) is 2.26. The second-order valence-corrected chi connectivity index (χ2v) is 6.02. The quantitative estimate of drug-likeness (QED) is 0.789. The lowest BCUT2D eigenvalue weighted by Crippen LogP contribution is -2.50. The number of benzene rings is 1. The maximum absolute atomic E-state index is 2.67. The summed E-state index contributed by atoms with van der Waals surface area (Å²) in [4.78, 5) is 5.23. The molecular weight excluding hydrogens is 220 g/mol. The van der Waals surface area contributed by atoms with Gasteiger partial charge in [-0.15, -0.1) is 0 Å². The van der Waals surface area contributed by atoms with Crippen molar-refractivity contribution >= 4 is 5.69 Å². The first-order valence-electron chi connectivity index (χ1n) is 7.33.